The van der Waals surface area contributed by atoms with E-state index >= 15 is 0 Å². The van der Waals surface area contributed by atoms with E-state index in [1.807, 2.05) is 0 Å². The third-order valence-electron chi connectivity index (χ3n) is 3.94. The zero-order valence-corrected chi connectivity index (χ0v) is 12.8. The van der Waals surface area contributed by atoms with Crippen LogP contribution in [0.3, 0.4) is 0 Å². The molecule has 1 aliphatic carbocycles. The number of halogens is 1. The lowest BCUT2D eigenvalue weighted by Crippen LogP contribution is -2.18. The fourth-order valence-corrected chi connectivity index (χ4v) is 3.97. The molecule has 0 radical (unpaired) electrons. The quantitative estimate of drug-likeness (QED) is 0.444. The predicted octanol–water partition coefficient (Wildman–Crippen LogP) is 5.84. The van der Waals surface area contributed by atoms with Crippen LogP contribution in [-0.4, -0.2) is 0 Å². The summed E-state index contributed by atoms with van der Waals surface area (Å²) in [6.45, 7) is 0. The molecule has 0 aliphatic heterocycles. The second-order valence-electron chi connectivity index (χ2n) is 5.31. The Labute approximate surface area is 119 Å². The van der Waals surface area contributed by atoms with Crippen molar-refractivity contribution in [1.29, 1.82) is 0 Å². The SMILES string of the molecule is IC1(c2ccccc2)CCCCCCCCC1. The third-order valence-corrected chi connectivity index (χ3v) is 5.64. The van der Waals surface area contributed by atoms with Gasteiger partial charge in [-0.3, -0.25) is 0 Å². The summed E-state index contributed by atoms with van der Waals surface area (Å²) in [7, 11) is 0. The molecule has 1 aliphatic rings. The average molecular weight is 342 g/mol. The lowest BCUT2D eigenvalue weighted by Gasteiger charge is -2.29. The molecule has 0 saturated heterocycles. The zero-order chi connectivity index (χ0) is 12.0. The van der Waals surface area contributed by atoms with Gasteiger partial charge in [0.05, 0.1) is 0 Å². The van der Waals surface area contributed by atoms with Crippen LogP contribution in [0.2, 0.25) is 0 Å². The molecule has 1 aromatic carbocycles. The van der Waals surface area contributed by atoms with Gasteiger partial charge in [0, 0.05) is 3.42 Å². The Kier molecular flexibility index (Phi) is 5.33. The molecule has 0 spiro atoms. The first-order valence-corrected chi connectivity index (χ1v) is 8.14. The Morgan fingerprint density at radius 3 is 1.71 bits per heavy atom. The highest BCUT2D eigenvalue weighted by molar-refractivity contribution is 14.1. The Bertz CT molecular complexity index is 308. The van der Waals surface area contributed by atoms with Gasteiger partial charge in [-0.05, 0) is 18.4 Å². The van der Waals surface area contributed by atoms with E-state index in [-0.39, 0.29) is 0 Å². The van der Waals surface area contributed by atoms with E-state index < -0.39 is 0 Å². The summed E-state index contributed by atoms with van der Waals surface area (Å²) in [6, 6.07) is 11.1. The molecule has 94 valence electrons. The van der Waals surface area contributed by atoms with Crippen molar-refractivity contribution in [3.63, 3.8) is 0 Å². The molecular weight excluding hydrogens is 319 g/mol. The Balaban J connectivity index is 2.08. The van der Waals surface area contributed by atoms with Crippen molar-refractivity contribution in [2.45, 2.75) is 61.2 Å². The van der Waals surface area contributed by atoms with Crippen molar-refractivity contribution in [2.24, 2.45) is 0 Å². The average Bonchev–Trinajstić information content (AvgIpc) is 2.38. The van der Waals surface area contributed by atoms with Gasteiger partial charge < -0.3 is 0 Å². The highest BCUT2D eigenvalue weighted by atomic mass is 127. The maximum Gasteiger partial charge on any atom is 0.0470 e. The smallest absolute Gasteiger partial charge is 0.0470 e. The zero-order valence-electron chi connectivity index (χ0n) is 10.6. The van der Waals surface area contributed by atoms with Gasteiger partial charge in [-0.15, -0.1) is 0 Å². The maximum atomic E-state index is 2.73. The Morgan fingerprint density at radius 1 is 0.706 bits per heavy atom. The summed E-state index contributed by atoms with van der Waals surface area (Å²) in [5, 5.41) is 0. The number of benzene rings is 1. The molecular formula is C16H23I. The first-order chi connectivity index (χ1) is 8.31. The topological polar surface area (TPSA) is 0 Å². The highest BCUT2D eigenvalue weighted by Crippen LogP contribution is 2.42. The van der Waals surface area contributed by atoms with Crippen molar-refractivity contribution < 1.29 is 0 Å². The van der Waals surface area contributed by atoms with Crippen LogP contribution in [0.15, 0.2) is 30.3 Å². The van der Waals surface area contributed by atoms with Crippen LogP contribution in [0, 0.1) is 0 Å². The number of alkyl halides is 1. The fraction of sp³-hybridized carbons (Fsp3) is 0.625. The molecule has 0 N–H and O–H groups in total. The van der Waals surface area contributed by atoms with E-state index in [0.717, 1.165) is 0 Å². The van der Waals surface area contributed by atoms with Crippen LogP contribution < -0.4 is 0 Å². The molecule has 2 rings (SSSR count). The molecule has 1 saturated carbocycles. The van der Waals surface area contributed by atoms with Gasteiger partial charge in [-0.25, -0.2) is 0 Å². The predicted molar refractivity (Wildman–Crippen MR) is 83.7 cm³/mol. The molecule has 0 atom stereocenters. The van der Waals surface area contributed by atoms with E-state index in [9.17, 15) is 0 Å². The molecule has 1 fully saturated rings. The van der Waals surface area contributed by atoms with E-state index in [1.54, 1.807) is 5.56 Å². The van der Waals surface area contributed by atoms with Crippen molar-refractivity contribution in [1.82, 2.24) is 0 Å². The molecule has 17 heavy (non-hydrogen) atoms. The molecule has 0 aromatic heterocycles. The molecule has 0 unspecified atom stereocenters. The monoisotopic (exact) mass is 342 g/mol. The van der Waals surface area contributed by atoms with Crippen LogP contribution in [0.4, 0.5) is 0 Å². The van der Waals surface area contributed by atoms with E-state index in [4.69, 9.17) is 0 Å². The third kappa shape index (κ3) is 3.97. The number of hydrogen-bond donors (Lipinski definition) is 0. The van der Waals surface area contributed by atoms with E-state index in [1.165, 1.54) is 57.8 Å². The first-order valence-electron chi connectivity index (χ1n) is 7.06. The standard InChI is InChI=1S/C16H23I/c17-16(15-11-7-6-8-12-15)13-9-4-2-1-3-5-10-14-16/h6-8,11-12H,1-5,9-10,13-14H2. The molecule has 0 bridgehead atoms. The minimum absolute atomic E-state index is 0.399. The number of hydrogen-bond acceptors (Lipinski definition) is 0. The van der Waals surface area contributed by atoms with Crippen molar-refractivity contribution in [3.8, 4) is 0 Å². The van der Waals surface area contributed by atoms with Crippen LogP contribution in [0.25, 0.3) is 0 Å². The molecule has 0 heterocycles. The molecule has 1 heteroatoms. The van der Waals surface area contributed by atoms with E-state index in [0.29, 0.717) is 3.42 Å². The maximum absolute atomic E-state index is 2.73. The van der Waals surface area contributed by atoms with Gasteiger partial charge in [0.15, 0.2) is 0 Å². The summed E-state index contributed by atoms with van der Waals surface area (Å²) in [6.07, 6.45) is 12.7. The fourth-order valence-electron chi connectivity index (χ4n) is 2.84. The first kappa shape index (κ1) is 13.4. The Morgan fingerprint density at radius 2 is 1.18 bits per heavy atom. The summed E-state index contributed by atoms with van der Waals surface area (Å²) in [5.74, 6) is 0. The van der Waals surface area contributed by atoms with Crippen molar-refractivity contribution in [3.05, 3.63) is 35.9 Å². The molecule has 0 nitrogen and oxygen atoms in total. The second kappa shape index (κ2) is 6.77. The summed E-state index contributed by atoms with van der Waals surface area (Å²) in [5.41, 5.74) is 1.54. The molecule has 1 aromatic rings. The van der Waals surface area contributed by atoms with Gasteiger partial charge >= 0.3 is 0 Å². The van der Waals surface area contributed by atoms with Crippen molar-refractivity contribution in [2.75, 3.05) is 0 Å². The summed E-state index contributed by atoms with van der Waals surface area (Å²) < 4.78 is 0.399. The highest BCUT2D eigenvalue weighted by Gasteiger charge is 2.27. The van der Waals surface area contributed by atoms with Crippen LogP contribution in [-0.2, 0) is 3.42 Å². The lowest BCUT2D eigenvalue weighted by atomic mass is 9.87. The second-order valence-corrected chi connectivity index (χ2v) is 7.37. The lowest BCUT2D eigenvalue weighted by molar-refractivity contribution is 0.449. The molecule has 0 amide bonds. The Hall–Kier alpha value is -0.0500. The van der Waals surface area contributed by atoms with Crippen LogP contribution in [0.5, 0.6) is 0 Å². The van der Waals surface area contributed by atoms with Crippen LogP contribution >= 0.6 is 22.6 Å². The summed E-state index contributed by atoms with van der Waals surface area (Å²) >= 11 is 2.73. The normalized spacial score (nSPS) is 21.9. The van der Waals surface area contributed by atoms with Gasteiger partial charge in [-0.1, -0.05) is 97.9 Å². The van der Waals surface area contributed by atoms with Crippen molar-refractivity contribution >= 4 is 22.6 Å². The minimum Gasteiger partial charge on any atom is -0.0737 e. The largest absolute Gasteiger partial charge is 0.0737 e. The van der Waals surface area contributed by atoms with Gasteiger partial charge in [0.1, 0.15) is 0 Å². The van der Waals surface area contributed by atoms with E-state index in [2.05, 4.69) is 52.9 Å². The van der Waals surface area contributed by atoms with Gasteiger partial charge in [-0.2, -0.15) is 0 Å². The van der Waals surface area contributed by atoms with Crippen LogP contribution in [0.1, 0.15) is 63.4 Å². The minimum atomic E-state index is 0.399. The van der Waals surface area contributed by atoms with Gasteiger partial charge in [0.25, 0.3) is 0 Å². The van der Waals surface area contributed by atoms with Gasteiger partial charge in [0.2, 0.25) is 0 Å². The summed E-state index contributed by atoms with van der Waals surface area (Å²) in [4.78, 5) is 0. The number of rotatable bonds is 1.